The maximum atomic E-state index is 12.0. The second-order valence-electron chi connectivity index (χ2n) is 5.56. The second-order valence-corrected chi connectivity index (χ2v) is 8.16. The molecule has 0 fully saturated rings. The van der Waals surface area contributed by atoms with Crippen LogP contribution >= 0.6 is 0 Å². The van der Waals surface area contributed by atoms with Gasteiger partial charge in [0.05, 0.1) is 16.3 Å². The van der Waals surface area contributed by atoms with Crippen molar-refractivity contribution in [1.82, 2.24) is 10.3 Å². The molecular formula is C15H20N2O2S. The molecule has 5 heteroatoms. The van der Waals surface area contributed by atoms with Gasteiger partial charge in [-0.15, -0.1) is 0 Å². The molecule has 0 saturated carbocycles. The first-order chi connectivity index (χ1) is 9.27. The number of pyridine rings is 1. The van der Waals surface area contributed by atoms with Crippen LogP contribution in [0.2, 0.25) is 0 Å². The van der Waals surface area contributed by atoms with E-state index in [1.165, 1.54) is 6.26 Å². The van der Waals surface area contributed by atoms with Crippen molar-refractivity contribution in [2.45, 2.75) is 24.6 Å². The van der Waals surface area contributed by atoms with Crippen LogP contribution in [0.3, 0.4) is 0 Å². The maximum absolute atomic E-state index is 12.0. The van der Waals surface area contributed by atoms with E-state index in [4.69, 9.17) is 0 Å². The van der Waals surface area contributed by atoms with Gasteiger partial charge in [0.25, 0.3) is 0 Å². The molecule has 2 aromatic rings. The van der Waals surface area contributed by atoms with Crippen LogP contribution in [0.4, 0.5) is 0 Å². The maximum Gasteiger partial charge on any atom is 0.154 e. The van der Waals surface area contributed by atoms with Gasteiger partial charge in [-0.2, -0.15) is 0 Å². The van der Waals surface area contributed by atoms with Crippen LogP contribution < -0.4 is 5.32 Å². The Morgan fingerprint density at radius 1 is 1.25 bits per heavy atom. The second kappa shape index (κ2) is 5.14. The lowest BCUT2D eigenvalue weighted by Crippen LogP contribution is -2.43. The Bertz CT molecular complexity index is 723. The molecule has 1 aromatic carbocycles. The molecule has 0 saturated heterocycles. The highest BCUT2D eigenvalue weighted by Gasteiger charge is 2.39. The third-order valence-corrected chi connectivity index (χ3v) is 6.03. The van der Waals surface area contributed by atoms with Crippen LogP contribution in [0, 0.1) is 0 Å². The molecule has 0 aliphatic heterocycles. The molecule has 20 heavy (non-hydrogen) atoms. The normalized spacial score (nSPS) is 14.4. The number of fused-ring (bicyclic) bond motifs is 1. The first-order valence-electron chi connectivity index (χ1n) is 6.49. The summed E-state index contributed by atoms with van der Waals surface area (Å²) < 4.78 is 23.1. The number of hydrogen-bond donors (Lipinski definition) is 1. The summed E-state index contributed by atoms with van der Waals surface area (Å²) in [5.41, 5.74) is 1.78. The zero-order valence-corrected chi connectivity index (χ0v) is 13.0. The molecule has 0 spiro atoms. The summed E-state index contributed by atoms with van der Waals surface area (Å²) in [6.07, 6.45) is 3.02. The van der Waals surface area contributed by atoms with Crippen molar-refractivity contribution in [3.63, 3.8) is 0 Å². The van der Waals surface area contributed by atoms with Crippen LogP contribution in [0.5, 0.6) is 0 Å². The SMILES string of the molecule is CNC(c1cnc2ccccc2c1)C(C)(C)S(C)(=O)=O. The van der Waals surface area contributed by atoms with Crippen molar-refractivity contribution < 1.29 is 8.42 Å². The van der Waals surface area contributed by atoms with E-state index in [-0.39, 0.29) is 6.04 Å². The zero-order chi connectivity index (χ0) is 15.0. The molecule has 0 radical (unpaired) electrons. The number of hydrogen-bond acceptors (Lipinski definition) is 4. The van der Waals surface area contributed by atoms with Gasteiger partial charge in [-0.05, 0) is 38.6 Å². The third-order valence-electron chi connectivity index (χ3n) is 3.88. The van der Waals surface area contributed by atoms with Gasteiger partial charge in [0.1, 0.15) is 0 Å². The van der Waals surface area contributed by atoms with E-state index < -0.39 is 14.6 Å². The van der Waals surface area contributed by atoms with Crippen molar-refractivity contribution in [1.29, 1.82) is 0 Å². The monoisotopic (exact) mass is 292 g/mol. The Kier molecular flexibility index (Phi) is 3.84. The van der Waals surface area contributed by atoms with Crippen LogP contribution in [-0.2, 0) is 9.84 Å². The lowest BCUT2D eigenvalue weighted by Gasteiger charge is -2.32. The van der Waals surface area contributed by atoms with E-state index in [9.17, 15) is 8.42 Å². The van der Waals surface area contributed by atoms with E-state index in [0.29, 0.717) is 0 Å². The summed E-state index contributed by atoms with van der Waals surface area (Å²) in [5, 5.41) is 4.12. The Labute approximate surface area is 120 Å². The smallest absolute Gasteiger partial charge is 0.154 e. The molecule has 0 bridgehead atoms. The summed E-state index contributed by atoms with van der Waals surface area (Å²) in [6, 6.07) is 9.49. The van der Waals surface area contributed by atoms with E-state index in [0.717, 1.165) is 16.5 Å². The Morgan fingerprint density at radius 2 is 1.90 bits per heavy atom. The van der Waals surface area contributed by atoms with Crippen molar-refractivity contribution in [3.8, 4) is 0 Å². The van der Waals surface area contributed by atoms with Crippen LogP contribution in [0.25, 0.3) is 10.9 Å². The lowest BCUT2D eigenvalue weighted by atomic mass is 9.95. The summed E-state index contributed by atoms with van der Waals surface area (Å²) in [6.45, 7) is 3.47. The van der Waals surface area contributed by atoms with Crippen LogP contribution in [0.15, 0.2) is 36.5 Å². The number of nitrogens with zero attached hydrogens (tertiary/aromatic N) is 1. The van der Waals surface area contributed by atoms with Gasteiger partial charge in [-0.3, -0.25) is 4.98 Å². The molecular weight excluding hydrogens is 272 g/mol. The highest BCUT2D eigenvalue weighted by molar-refractivity contribution is 7.92. The van der Waals surface area contributed by atoms with E-state index in [2.05, 4.69) is 10.3 Å². The number of nitrogens with one attached hydrogen (secondary N) is 1. The van der Waals surface area contributed by atoms with E-state index in [1.54, 1.807) is 27.1 Å². The first kappa shape index (κ1) is 14.9. The zero-order valence-electron chi connectivity index (χ0n) is 12.2. The van der Waals surface area contributed by atoms with Crippen molar-refractivity contribution in [2.75, 3.05) is 13.3 Å². The van der Waals surface area contributed by atoms with Crippen molar-refractivity contribution in [3.05, 3.63) is 42.1 Å². The number of rotatable bonds is 4. The Balaban J connectivity index is 2.55. The number of sulfone groups is 1. The van der Waals surface area contributed by atoms with Gasteiger partial charge in [-0.1, -0.05) is 18.2 Å². The topological polar surface area (TPSA) is 59.1 Å². The molecule has 0 amide bonds. The van der Waals surface area contributed by atoms with Gasteiger partial charge in [-0.25, -0.2) is 8.42 Å². The third kappa shape index (κ3) is 2.55. The van der Waals surface area contributed by atoms with E-state index >= 15 is 0 Å². The molecule has 0 aliphatic rings. The van der Waals surface area contributed by atoms with Crippen molar-refractivity contribution in [2.24, 2.45) is 0 Å². The fourth-order valence-electron chi connectivity index (χ4n) is 2.38. The quantitative estimate of drug-likeness (QED) is 0.939. The molecule has 1 heterocycles. The Hall–Kier alpha value is -1.46. The summed E-state index contributed by atoms with van der Waals surface area (Å²) in [4.78, 5) is 4.41. The molecule has 0 aliphatic carbocycles. The van der Waals surface area contributed by atoms with Crippen LogP contribution in [0.1, 0.15) is 25.5 Å². The first-order valence-corrected chi connectivity index (χ1v) is 8.38. The molecule has 2 rings (SSSR count). The molecule has 1 N–H and O–H groups in total. The van der Waals surface area contributed by atoms with Crippen LogP contribution in [-0.4, -0.2) is 31.5 Å². The van der Waals surface area contributed by atoms with Crippen molar-refractivity contribution >= 4 is 20.7 Å². The van der Waals surface area contributed by atoms with E-state index in [1.807, 2.05) is 30.3 Å². The average molecular weight is 292 g/mol. The molecule has 1 unspecified atom stereocenters. The van der Waals surface area contributed by atoms with Gasteiger partial charge in [0.2, 0.25) is 0 Å². The Morgan fingerprint density at radius 3 is 2.50 bits per heavy atom. The predicted molar refractivity (Wildman–Crippen MR) is 82.5 cm³/mol. The molecule has 108 valence electrons. The fraction of sp³-hybridized carbons (Fsp3) is 0.400. The summed E-state index contributed by atoms with van der Waals surface area (Å²) in [7, 11) is -1.43. The predicted octanol–water partition coefficient (Wildman–Crippen LogP) is 2.32. The highest BCUT2D eigenvalue weighted by atomic mass is 32.2. The minimum Gasteiger partial charge on any atom is -0.312 e. The lowest BCUT2D eigenvalue weighted by molar-refractivity contribution is 0.446. The molecule has 4 nitrogen and oxygen atoms in total. The summed E-state index contributed by atoms with van der Waals surface area (Å²) in [5.74, 6) is 0. The van der Waals surface area contributed by atoms with Gasteiger partial charge in [0.15, 0.2) is 9.84 Å². The minimum atomic E-state index is -3.21. The standard InChI is InChI=1S/C15H20N2O2S/c1-15(2,20(4,18)19)14(16-3)12-9-11-7-5-6-8-13(11)17-10-12/h5-10,14,16H,1-4H3. The van der Waals surface area contributed by atoms with Gasteiger partial charge < -0.3 is 5.32 Å². The number of para-hydroxylation sites is 1. The minimum absolute atomic E-state index is 0.311. The molecule has 1 aromatic heterocycles. The average Bonchev–Trinajstić information content (AvgIpc) is 2.38. The highest BCUT2D eigenvalue weighted by Crippen LogP contribution is 2.32. The van der Waals surface area contributed by atoms with Gasteiger partial charge in [0, 0.05) is 17.8 Å². The molecule has 1 atom stereocenters. The summed E-state index contributed by atoms with van der Waals surface area (Å²) >= 11 is 0. The number of aromatic nitrogens is 1. The largest absolute Gasteiger partial charge is 0.312 e. The fourth-order valence-corrected chi connectivity index (χ4v) is 3.06. The van der Waals surface area contributed by atoms with Gasteiger partial charge >= 0.3 is 0 Å². The number of benzene rings is 1.